The highest BCUT2D eigenvalue weighted by molar-refractivity contribution is 5.41. The fourth-order valence-corrected chi connectivity index (χ4v) is 1.47. The molecule has 2 rings (SSSR count). The Bertz CT molecular complexity index is 619. The highest BCUT2D eigenvalue weighted by Crippen LogP contribution is 2.28. The second-order valence-electron chi connectivity index (χ2n) is 3.66. The van der Waals surface area contributed by atoms with Gasteiger partial charge in [-0.1, -0.05) is 0 Å². The van der Waals surface area contributed by atoms with Gasteiger partial charge in [0.25, 0.3) is 5.69 Å². The number of non-ortho nitro benzene ring substituents is 1. The van der Waals surface area contributed by atoms with E-state index in [1.54, 1.807) is 6.07 Å². The van der Waals surface area contributed by atoms with Gasteiger partial charge in [0.2, 0.25) is 0 Å². The lowest BCUT2D eigenvalue weighted by molar-refractivity contribution is -0.385. The maximum atomic E-state index is 13.7. The summed E-state index contributed by atoms with van der Waals surface area (Å²) in [5.74, 6) is -0.550. The molecule has 0 fully saturated rings. The first-order valence-corrected chi connectivity index (χ1v) is 5.36. The van der Waals surface area contributed by atoms with Gasteiger partial charge in [-0.05, 0) is 12.1 Å². The first-order chi connectivity index (χ1) is 9.11. The van der Waals surface area contributed by atoms with E-state index in [4.69, 9.17) is 10.5 Å². The molecule has 0 aliphatic carbocycles. The molecule has 0 spiro atoms. The van der Waals surface area contributed by atoms with Crippen molar-refractivity contribution in [1.82, 2.24) is 4.98 Å². The molecule has 0 amide bonds. The summed E-state index contributed by atoms with van der Waals surface area (Å²) < 4.78 is 19.0. The van der Waals surface area contributed by atoms with Gasteiger partial charge in [-0.15, -0.1) is 0 Å². The van der Waals surface area contributed by atoms with Gasteiger partial charge in [-0.2, -0.15) is 0 Å². The summed E-state index contributed by atoms with van der Waals surface area (Å²) in [4.78, 5) is 13.7. The summed E-state index contributed by atoms with van der Waals surface area (Å²) in [7, 11) is 0. The van der Waals surface area contributed by atoms with E-state index in [-0.39, 0.29) is 18.0 Å². The molecule has 0 unspecified atom stereocenters. The Kier molecular flexibility index (Phi) is 3.67. The van der Waals surface area contributed by atoms with Gasteiger partial charge in [-0.3, -0.25) is 15.1 Å². The van der Waals surface area contributed by atoms with Crippen molar-refractivity contribution in [3.8, 4) is 11.5 Å². The van der Waals surface area contributed by atoms with E-state index in [1.807, 2.05) is 0 Å². The number of aromatic nitrogens is 1. The lowest BCUT2D eigenvalue weighted by Crippen LogP contribution is -2.00. The van der Waals surface area contributed by atoms with Crippen LogP contribution in [-0.2, 0) is 6.54 Å². The number of nitrogens with two attached hydrogens (primary N) is 1. The van der Waals surface area contributed by atoms with Gasteiger partial charge >= 0.3 is 0 Å². The smallest absolute Gasteiger partial charge is 0.272 e. The lowest BCUT2D eigenvalue weighted by atomic mass is 10.2. The van der Waals surface area contributed by atoms with E-state index in [0.717, 1.165) is 6.07 Å². The maximum Gasteiger partial charge on any atom is 0.272 e. The second kappa shape index (κ2) is 5.40. The van der Waals surface area contributed by atoms with E-state index in [0.29, 0.717) is 11.3 Å². The number of benzene rings is 1. The van der Waals surface area contributed by atoms with Crippen molar-refractivity contribution in [3.63, 3.8) is 0 Å². The maximum absolute atomic E-state index is 13.7. The van der Waals surface area contributed by atoms with Crippen LogP contribution in [0.4, 0.5) is 10.1 Å². The molecule has 0 saturated heterocycles. The zero-order chi connectivity index (χ0) is 13.8. The molecule has 0 radical (unpaired) electrons. The highest BCUT2D eigenvalue weighted by atomic mass is 19.1. The van der Waals surface area contributed by atoms with Crippen LogP contribution < -0.4 is 10.5 Å². The molecule has 0 aliphatic rings. The molecule has 1 aromatic carbocycles. The predicted molar refractivity (Wildman–Crippen MR) is 65.3 cm³/mol. The normalized spacial score (nSPS) is 10.2. The standard InChI is InChI=1S/C12H10FN3O3/c13-10-5-9(16(17)18)1-2-12(10)19-11-3-4-15-7-8(11)6-14/h1-5,7H,6,14H2. The van der Waals surface area contributed by atoms with Gasteiger partial charge in [0, 0.05) is 30.6 Å². The number of nitro benzene ring substituents is 1. The largest absolute Gasteiger partial charge is 0.454 e. The fraction of sp³-hybridized carbons (Fsp3) is 0.0833. The number of hydrogen-bond acceptors (Lipinski definition) is 5. The number of nitro groups is 1. The number of nitrogens with zero attached hydrogens (tertiary/aromatic N) is 2. The van der Waals surface area contributed by atoms with Crippen LogP contribution in [0.2, 0.25) is 0 Å². The third kappa shape index (κ3) is 2.83. The predicted octanol–water partition coefficient (Wildman–Crippen LogP) is 2.38. The molecule has 0 saturated carbocycles. The Morgan fingerprint density at radius 2 is 2.16 bits per heavy atom. The van der Waals surface area contributed by atoms with Gasteiger partial charge in [0.05, 0.1) is 11.0 Å². The van der Waals surface area contributed by atoms with E-state index in [2.05, 4.69) is 4.98 Å². The zero-order valence-corrected chi connectivity index (χ0v) is 9.75. The van der Waals surface area contributed by atoms with Crippen molar-refractivity contribution in [2.75, 3.05) is 0 Å². The van der Waals surface area contributed by atoms with Crippen molar-refractivity contribution in [2.24, 2.45) is 5.73 Å². The molecule has 1 aromatic heterocycles. The minimum Gasteiger partial charge on any atom is -0.454 e. The Morgan fingerprint density at radius 3 is 2.79 bits per heavy atom. The van der Waals surface area contributed by atoms with E-state index < -0.39 is 10.7 Å². The molecular weight excluding hydrogens is 253 g/mol. The monoisotopic (exact) mass is 263 g/mol. The quantitative estimate of drug-likeness (QED) is 0.675. The molecule has 2 aromatic rings. The van der Waals surface area contributed by atoms with Crippen molar-refractivity contribution >= 4 is 5.69 Å². The Labute approximate surface area is 107 Å². The number of rotatable bonds is 4. The van der Waals surface area contributed by atoms with Crippen LogP contribution in [0.25, 0.3) is 0 Å². The van der Waals surface area contributed by atoms with Gasteiger partial charge in [-0.25, -0.2) is 4.39 Å². The van der Waals surface area contributed by atoms with Crippen molar-refractivity contribution in [3.05, 3.63) is 58.2 Å². The summed E-state index contributed by atoms with van der Waals surface area (Å²) in [6, 6.07) is 4.72. The van der Waals surface area contributed by atoms with E-state index in [1.165, 1.54) is 24.5 Å². The molecule has 98 valence electrons. The van der Waals surface area contributed by atoms with E-state index >= 15 is 0 Å². The van der Waals surface area contributed by atoms with Crippen LogP contribution >= 0.6 is 0 Å². The topological polar surface area (TPSA) is 91.3 Å². The summed E-state index contributed by atoms with van der Waals surface area (Å²) in [5.41, 5.74) is 5.78. The minimum atomic E-state index is -0.811. The molecule has 0 aliphatic heterocycles. The highest BCUT2D eigenvalue weighted by Gasteiger charge is 2.13. The molecule has 6 nitrogen and oxygen atoms in total. The summed E-state index contributed by atoms with van der Waals surface area (Å²) >= 11 is 0. The third-order valence-corrected chi connectivity index (χ3v) is 2.42. The minimum absolute atomic E-state index is 0.105. The van der Waals surface area contributed by atoms with Gasteiger partial charge < -0.3 is 10.5 Å². The average molecular weight is 263 g/mol. The first-order valence-electron chi connectivity index (χ1n) is 5.36. The van der Waals surface area contributed by atoms with Crippen LogP contribution in [0.15, 0.2) is 36.7 Å². The lowest BCUT2D eigenvalue weighted by Gasteiger charge is -2.09. The van der Waals surface area contributed by atoms with Gasteiger partial charge in [0.1, 0.15) is 5.75 Å². The Hall–Kier alpha value is -2.54. The molecule has 1 heterocycles. The van der Waals surface area contributed by atoms with Crippen molar-refractivity contribution in [2.45, 2.75) is 6.54 Å². The number of halogens is 1. The molecule has 19 heavy (non-hydrogen) atoms. The number of pyridine rings is 1. The van der Waals surface area contributed by atoms with Crippen LogP contribution in [0.5, 0.6) is 11.5 Å². The molecule has 7 heteroatoms. The Morgan fingerprint density at radius 1 is 1.37 bits per heavy atom. The van der Waals surface area contributed by atoms with E-state index in [9.17, 15) is 14.5 Å². The molecule has 0 atom stereocenters. The summed E-state index contributed by atoms with van der Waals surface area (Å²) in [6.45, 7) is 0.192. The third-order valence-electron chi connectivity index (χ3n) is 2.42. The number of hydrogen-bond donors (Lipinski definition) is 1. The summed E-state index contributed by atoms with van der Waals surface area (Å²) in [6.07, 6.45) is 3.00. The molecule has 2 N–H and O–H groups in total. The van der Waals surface area contributed by atoms with Crippen LogP contribution in [0.1, 0.15) is 5.56 Å². The fourth-order valence-electron chi connectivity index (χ4n) is 1.47. The Balaban J connectivity index is 2.31. The van der Waals surface area contributed by atoms with Crippen molar-refractivity contribution < 1.29 is 14.1 Å². The number of ether oxygens (including phenoxy) is 1. The van der Waals surface area contributed by atoms with Crippen LogP contribution in [-0.4, -0.2) is 9.91 Å². The second-order valence-corrected chi connectivity index (χ2v) is 3.66. The zero-order valence-electron chi connectivity index (χ0n) is 9.75. The first kappa shape index (κ1) is 12.9. The average Bonchev–Trinajstić information content (AvgIpc) is 2.41. The SMILES string of the molecule is NCc1cnccc1Oc1ccc([N+](=O)[O-])cc1F. The van der Waals surface area contributed by atoms with Gasteiger partial charge in [0.15, 0.2) is 11.6 Å². The molecular formula is C12H10FN3O3. The molecule has 0 bridgehead atoms. The van der Waals surface area contributed by atoms with Crippen molar-refractivity contribution in [1.29, 1.82) is 0 Å². The van der Waals surface area contributed by atoms with Crippen LogP contribution in [0, 0.1) is 15.9 Å². The van der Waals surface area contributed by atoms with Crippen LogP contribution in [0.3, 0.4) is 0 Å². The summed E-state index contributed by atoms with van der Waals surface area (Å²) in [5, 5.41) is 10.5.